The molecule has 0 saturated carbocycles. The van der Waals surface area contributed by atoms with Crippen LogP contribution in [0.3, 0.4) is 0 Å². The lowest BCUT2D eigenvalue weighted by Gasteiger charge is -1.94. The Hall–Kier alpha value is -2.96. The Bertz CT molecular complexity index is 972. The van der Waals surface area contributed by atoms with E-state index < -0.39 is 0 Å². The highest BCUT2D eigenvalue weighted by atomic mass is 16.3. The predicted octanol–water partition coefficient (Wildman–Crippen LogP) is 2.70. The van der Waals surface area contributed by atoms with E-state index in [2.05, 4.69) is 40.1 Å². The molecular formula is C15H14N6O. The summed E-state index contributed by atoms with van der Waals surface area (Å²) in [6.45, 7) is 4.84. The molecule has 0 amide bonds. The van der Waals surface area contributed by atoms with Crippen molar-refractivity contribution >= 4 is 16.7 Å². The zero-order valence-corrected chi connectivity index (χ0v) is 12.3. The van der Waals surface area contributed by atoms with Gasteiger partial charge in [-0.2, -0.15) is 5.10 Å². The van der Waals surface area contributed by atoms with Gasteiger partial charge in [0.25, 0.3) is 0 Å². The van der Waals surface area contributed by atoms with Crippen molar-refractivity contribution in [1.82, 2.24) is 29.4 Å². The molecule has 7 nitrogen and oxygen atoms in total. The van der Waals surface area contributed by atoms with Crippen LogP contribution in [0, 0.1) is 0 Å². The largest absolute Gasteiger partial charge is 0.461 e. The van der Waals surface area contributed by atoms with Crippen molar-refractivity contribution in [2.24, 2.45) is 0 Å². The molecule has 4 aromatic heterocycles. The molecule has 22 heavy (non-hydrogen) atoms. The topological polar surface area (TPSA) is 74.0 Å². The number of hydrogen-bond donors (Lipinski definition) is 0. The molecule has 0 atom stereocenters. The average Bonchev–Trinajstić information content (AvgIpc) is 3.21. The number of hydrogen-bond acceptors (Lipinski definition) is 5. The van der Waals surface area contributed by atoms with Crippen molar-refractivity contribution in [3.63, 3.8) is 0 Å². The molecule has 0 fully saturated rings. The van der Waals surface area contributed by atoms with E-state index in [-0.39, 0.29) is 0 Å². The second kappa shape index (κ2) is 4.80. The summed E-state index contributed by atoms with van der Waals surface area (Å²) < 4.78 is 8.84. The first-order valence-corrected chi connectivity index (χ1v) is 6.96. The van der Waals surface area contributed by atoms with Crippen LogP contribution in [0.5, 0.6) is 0 Å². The fraction of sp³-hybridized carbons (Fsp3) is 0.200. The lowest BCUT2D eigenvalue weighted by Crippen LogP contribution is -1.95. The quantitative estimate of drug-likeness (QED) is 0.543. The summed E-state index contributed by atoms with van der Waals surface area (Å²) in [4.78, 5) is 8.87. The van der Waals surface area contributed by atoms with Crippen LogP contribution in [0.15, 0.2) is 47.0 Å². The van der Waals surface area contributed by atoms with E-state index in [1.165, 1.54) is 5.57 Å². The molecule has 110 valence electrons. The lowest BCUT2D eigenvalue weighted by atomic mass is 10.3. The fourth-order valence-corrected chi connectivity index (χ4v) is 2.24. The number of aromatic nitrogens is 6. The molecular weight excluding hydrogens is 280 g/mol. The van der Waals surface area contributed by atoms with Crippen LogP contribution in [0.25, 0.3) is 28.3 Å². The smallest absolute Gasteiger partial charge is 0.217 e. The second-order valence-electron chi connectivity index (χ2n) is 5.30. The first-order chi connectivity index (χ1) is 10.7. The van der Waals surface area contributed by atoms with Crippen molar-refractivity contribution in [1.29, 1.82) is 0 Å². The number of fused-ring (bicyclic) bond motifs is 3. The third kappa shape index (κ3) is 2.07. The number of furan rings is 1. The van der Waals surface area contributed by atoms with Gasteiger partial charge in [0.2, 0.25) is 5.82 Å². The summed E-state index contributed by atoms with van der Waals surface area (Å²) in [6, 6.07) is 3.64. The van der Waals surface area contributed by atoms with E-state index in [4.69, 9.17) is 4.42 Å². The highest BCUT2D eigenvalue weighted by molar-refractivity contribution is 5.88. The lowest BCUT2D eigenvalue weighted by molar-refractivity contribution is 0.577. The van der Waals surface area contributed by atoms with Crippen molar-refractivity contribution in [2.45, 2.75) is 20.4 Å². The molecule has 0 aromatic carbocycles. The molecule has 0 aliphatic carbocycles. The summed E-state index contributed by atoms with van der Waals surface area (Å²) in [7, 11) is 0. The second-order valence-corrected chi connectivity index (χ2v) is 5.30. The first kappa shape index (κ1) is 12.8. The Morgan fingerprint density at radius 2 is 2.23 bits per heavy atom. The van der Waals surface area contributed by atoms with Crippen LogP contribution in [-0.4, -0.2) is 29.4 Å². The van der Waals surface area contributed by atoms with Gasteiger partial charge in [-0.1, -0.05) is 11.6 Å². The van der Waals surface area contributed by atoms with Crippen molar-refractivity contribution in [3.8, 4) is 11.6 Å². The summed E-state index contributed by atoms with van der Waals surface area (Å²) >= 11 is 0. The highest BCUT2D eigenvalue weighted by Crippen LogP contribution is 2.20. The van der Waals surface area contributed by atoms with Gasteiger partial charge < -0.3 is 4.42 Å². The minimum atomic E-state index is 0.538. The minimum absolute atomic E-state index is 0.538. The van der Waals surface area contributed by atoms with E-state index in [1.807, 2.05) is 23.0 Å². The third-order valence-electron chi connectivity index (χ3n) is 3.33. The number of rotatable bonds is 3. The van der Waals surface area contributed by atoms with E-state index in [0.717, 1.165) is 11.0 Å². The molecule has 4 rings (SSSR count). The van der Waals surface area contributed by atoms with Gasteiger partial charge in [-0.15, -0.1) is 5.10 Å². The van der Waals surface area contributed by atoms with Gasteiger partial charge in [0.15, 0.2) is 17.1 Å². The van der Waals surface area contributed by atoms with E-state index in [1.54, 1.807) is 17.1 Å². The summed E-state index contributed by atoms with van der Waals surface area (Å²) in [5, 5.41) is 9.72. The normalized spacial score (nSPS) is 11.4. The zero-order valence-electron chi connectivity index (χ0n) is 12.3. The Morgan fingerprint density at radius 3 is 3.00 bits per heavy atom. The molecule has 0 bridgehead atoms. The van der Waals surface area contributed by atoms with Crippen LogP contribution in [0.1, 0.15) is 13.8 Å². The van der Waals surface area contributed by atoms with Crippen LogP contribution in [0.4, 0.5) is 0 Å². The standard InChI is InChI=1S/C15H14N6O/c1-10(2)5-6-20-8-11-13(18-20)16-9-21-15(11)17-14(19-21)12-4-3-7-22-12/h3-5,7-9H,6H2,1-2H3. The van der Waals surface area contributed by atoms with Gasteiger partial charge in [0, 0.05) is 6.20 Å². The maximum Gasteiger partial charge on any atom is 0.217 e. The zero-order chi connectivity index (χ0) is 15.1. The van der Waals surface area contributed by atoms with Crippen LogP contribution in [-0.2, 0) is 6.54 Å². The Morgan fingerprint density at radius 1 is 1.32 bits per heavy atom. The monoisotopic (exact) mass is 294 g/mol. The van der Waals surface area contributed by atoms with Crippen LogP contribution in [0.2, 0.25) is 0 Å². The molecule has 4 aromatic rings. The van der Waals surface area contributed by atoms with Gasteiger partial charge in [0.1, 0.15) is 6.33 Å². The summed E-state index contributed by atoms with van der Waals surface area (Å²) in [6.07, 6.45) is 7.28. The molecule has 0 radical (unpaired) electrons. The summed E-state index contributed by atoms with van der Waals surface area (Å²) in [5.41, 5.74) is 2.63. The molecule has 7 heteroatoms. The number of allylic oxidation sites excluding steroid dienone is 2. The fourth-order valence-electron chi connectivity index (χ4n) is 2.24. The molecule has 4 heterocycles. The van der Waals surface area contributed by atoms with Gasteiger partial charge in [-0.3, -0.25) is 4.68 Å². The van der Waals surface area contributed by atoms with Crippen molar-refractivity contribution in [2.75, 3.05) is 0 Å². The highest BCUT2D eigenvalue weighted by Gasteiger charge is 2.13. The molecule has 0 aliphatic rings. The molecule has 0 N–H and O–H groups in total. The predicted molar refractivity (Wildman–Crippen MR) is 81.2 cm³/mol. The Balaban J connectivity index is 1.85. The maximum atomic E-state index is 5.34. The van der Waals surface area contributed by atoms with Crippen molar-refractivity contribution in [3.05, 3.63) is 42.6 Å². The number of nitrogens with zero attached hydrogens (tertiary/aromatic N) is 6. The molecule has 0 spiro atoms. The van der Waals surface area contributed by atoms with Gasteiger partial charge in [-0.25, -0.2) is 14.5 Å². The molecule has 0 aliphatic heterocycles. The third-order valence-corrected chi connectivity index (χ3v) is 3.33. The Kier molecular flexibility index (Phi) is 2.78. The van der Waals surface area contributed by atoms with E-state index >= 15 is 0 Å². The Labute approximate surface area is 125 Å². The van der Waals surface area contributed by atoms with Crippen LogP contribution < -0.4 is 0 Å². The van der Waals surface area contributed by atoms with Gasteiger partial charge in [0.05, 0.1) is 18.2 Å². The average molecular weight is 294 g/mol. The van der Waals surface area contributed by atoms with Crippen LogP contribution >= 0.6 is 0 Å². The minimum Gasteiger partial charge on any atom is -0.461 e. The summed E-state index contributed by atoms with van der Waals surface area (Å²) in [5.74, 6) is 1.17. The van der Waals surface area contributed by atoms with Gasteiger partial charge >= 0.3 is 0 Å². The van der Waals surface area contributed by atoms with Crippen molar-refractivity contribution < 1.29 is 4.42 Å². The van der Waals surface area contributed by atoms with E-state index in [0.29, 0.717) is 23.8 Å². The SMILES string of the molecule is CC(C)=CCn1cc2c(ncn3nc(-c4ccco4)nc23)n1. The molecule has 0 unspecified atom stereocenters. The van der Waals surface area contributed by atoms with E-state index in [9.17, 15) is 0 Å². The maximum absolute atomic E-state index is 5.34. The molecule has 0 saturated heterocycles. The first-order valence-electron chi connectivity index (χ1n) is 6.96. The van der Waals surface area contributed by atoms with Gasteiger partial charge in [-0.05, 0) is 26.0 Å².